The van der Waals surface area contributed by atoms with Crippen LogP contribution in [0.2, 0.25) is 0 Å². The van der Waals surface area contributed by atoms with Crippen molar-refractivity contribution in [3.05, 3.63) is 11.9 Å². The zero-order valence-corrected chi connectivity index (χ0v) is 11.1. The number of imidazole rings is 1. The van der Waals surface area contributed by atoms with Gasteiger partial charge in [-0.25, -0.2) is 4.98 Å². The lowest BCUT2D eigenvalue weighted by molar-refractivity contribution is -0.139. The number of nitrogens with one attached hydrogen (secondary N) is 1. The Morgan fingerprint density at radius 2 is 2.05 bits per heavy atom. The summed E-state index contributed by atoms with van der Waals surface area (Å²) in [5, 5.41) is 17.9. The first-order chi connectivity index (χ1) is 8.82. The standard InChI is InChI=1S/C10H16N4O4S/c1-4(7(12)9(17)18)6-2-13-10(14-6)19-3-5(11)8(15)16/h2,4-5,7H,3,11-12H2,1H3,(H,13,14)(H,15,16)(H,17,18). The number of aromatic nitrogens is 2. The third-order valence-corrected chi connectivity index (χ3v) is 3.61. The van der Waals surface area contributed by atoms with E-state index in [9.17, 15) is 9.59 Å². The van der Waals surface area contributed by atoms with Crippen LogP contribution in [-0.4, -0.2) is 50.0 Å². The summed E-state index contributed by atoms with van der Waals surface area (Å²) in [7, 11) is 0. The summed E-state index contributed by atoms with van der Waals surface area (Å²) < 4.78 is 0. The molecule has 0 aliphatic carbocycles. The van der Waals surface area contributed by atoms with Crippen molar-refractivity contribution >= 4 is 23.7 Å². The van der Waals surface area contributed by atoms with Gasteiger partial charge in [-0.15, -0.1) is 0 Å². The van der Waals surface area contributed by atoms with Gasteiger partial charge in [0.2, 0.25) is 0 Å². The van der Waals surface area contributed by atoms with Crippen molar-refractivity contribution in [2.45, 2.75) is 30.1 Å². The number of aromatic amines is 1. The van der Waals surface area contributed by atoms with Crippen LogP contribution in [-0.2, 0) is 9.59 Å². The molecule has 3 atom stereocenters. The highest BCUT2D eigenvalue weighted by atomic mass is 32.2. The average molecular weight is 288 g/mol. The Hall–Kier alpha value is -1.58. The fourth-order valence-corrected chi connectivity index (χ4v) is 2.07. The van der Waals surface area contributed by atoms with E-state index in [0.717, 1.165) is 11.8 Å². The van der Waals surface area contributed by atoms with Gasteiger partial charge in [-0.3, -0.25) is 9.59 Å². The van der Waals surface area contributed by atoms with Crippen LogP contribution < -0.4 is 11.5 Å². The Bertz CT molecular complexity index is 464. The summed E-state index contributed by atoms with van der Waals surface area (Å²) in [4.78, 5) is 28.2. The van der Waals surface area contributed by atoms with Gasteiger partial charge in [-0.1, -0.05) is 18.7 Å². The van der Waals surface area contributed by atoms with Gasteiger partial charge in [0.1, 0.15) is 12.1 Å². The minimum atomic E-state index is -1.09. The Morgan fingerprint density at radius 3 is 2.58 bits per heavy atom. The molecule has 8 nitrogen and oxygen atoms in total. The van der Waals surface area contributed by atoms with Crippen molar-refractivity contribution < 1.29 is 19.8 Å². The van der Waals surface area contributed by atoms with Crippen LogP contribution in [0.3, 0.4) is 0 Å². The lowest BCUT2D eigenvalue weighted by Gasteiger charge is -2.13. The average Bonchev–Trinajstić information content (AvgIpc) is 2.82. The zero-order chi connectivity index (χ0) is 14.6. The van der Waals surface area contributed by atoms with Gasteiger partial charge in [0.25, 0.3) is 0 Å². The second-order valence-electron chi connectivity index (χ2n) is 4.05. The van der Waals surface area contributed by atoms with E-state index in [4.69, 9.17) is 21.7 Å². The number of nitrogens with zero attached hydrogens (tertiary/aromatic N) is 1. The first kappa shape index (κ1) is 15.5. The van der Waals surface area contributed by atoms with E-state index in [1.54, 1.807) is 6.92 Å². The summed E-state index contributed by atoms with van der Waals surface area (Å²) in [6.45, 7) is 1.67. The van der Waals surface area contributed by atoms with Gasteiger partial charge in [0.05, 0.1) is 0 Å². The molecule has 1 aromatic rings. The topological polar surface area (TPSA) is 155 Å². The van der Waals surface area contributed by atoms with E-state index in [2.05, 4.69) is 9.97 Å². The number of carboxylic acid groups (broad SMARTS) is 2. The first-order valence-corrected chi connectivity index (χ1v) is 6.46. The Morgan fingerprint density at radius 1 is 1.42 bits per heavy atom. The summed E-state index contributed by atoms with van der Waals surface area (Å²) in [5.74, 6) is -2.43. The molecule has 3 unspecified atom stereocenters. The number of hydrogen-bond acceptors (Lipinski definition) is 6. The predicted molar refractivity (Wildman–Crippen MR) is 68.9 cm³/mol. The van der Waals surface area contributed by atoms with Crippen LogP contribution in [0.15, 0.2) is 11.4 Å². The Labute approximate surface area is 113 Å². The third-order valence-electron chi connectivity index (χ3n) is 2.60. The maximum atomic E-state index is 10.8. The number of nitrogens with two attached hydrogens (primary N) is 2. The highest BCUT2D eigenvalue weighted by Gasteiger charge is 2.23. The molecule has 7 N–H and O–H groups in total. The number of rotatable bonds is 7. The molecule has 0 aliphatic heterocycles. The molecule has 1 aromatic heterocycles. The van der Waals surface area contributed by atoms with E-state index in [1.807, 2.05) is 0 Å². The summed E-state index contributed by atoms with van der Waals surface area (Å²) in [6, 6.07) is -2.00. The van der Waals surface area contributed by atoms with E-state index >= 15 is 0 Å². The predicted octanol–water partition coefficient (Wildman–Crippen LogP) is -0.571. The van der Waals surface area contributed by atoms with Crippen LogP contribution in [0.25, 0.3) is 0 Å². The van der Waals surface area contributed by atoms with Gasteiger partial charge in [0, 0.05) is 23.6 Å². The van der Waals surface area contributed by atoms with Gasteiger partial charge in [-0.2, -0.15) is 0 Å². The van der Waals surface area contributed by atoms with E-state index < -0.39 is 29.9 Å². The molecule has 1 rings (SSSR count). The van der Waals surface area contributed by atoms with Crippen LogP contribution in [0.5, 0.6) is 0 Å². The summed E-state index contributed by atoms with van der Waals surface area (Å²) in [6.07, 6.45) is 1.49. The molecule has 9 heteroatoms. The van der Waals surface area contributed by atoms with Gasteiger partial charge in [0.15, 0.2) is 5.16 Å². The van der Waals surface area contributed by atoms with E-state index in [0.29, 0.717) is 10.9 Å². The highest BCUT2D eigenvalue weighted by molar-refractivity contribution is 7.99. The Balaban J connectivity index is 2.62. The minimum absolute atomic E-state index is 0.168. The van der Waals surface area contributed by atoms with Crippen molar-refractivity contribution in [1.29, 1.82) is 0 Å². The molecule has 1 heterocycles. The maximum absolute atomic E-state index is 10.8. The summed E-state index contributed by atoms with van der Waals surface area (Å²) in [5.41, 5.74) is 11.5. The van der Waals surface area contributed by atoms with Gasteiger partial charge < -0.3 is 26.7 Å². The molecular formula is C10H16N4O4S. The minimum Gasteiger partial charge on any atom is -0.480 e. The Kier molecular flexibility index (Phi) is 5.33. The molecule has 106 valence electrons. The molecule has 0 saturated carbocycles. The molecule has 0 aromatic carbocycles. The van der Waals surface area contributed by atoms with Crippen molar-refractivity contribution in [1.82, 2.24) is 9.97 Å². The molecule has 0 spiro atoms. The lowest BCUT2D eigenvalue weighted by Crippen LogP contribution is -2.35. The van der Waals surface area contributed by atoms with Crippen molar-refractivity contribution in [2.24, 2.45) is 11.5 Å². The maximum Gasteiger partial charge on any atom is 0.321 e. The molecule has 19 heavy (non-hydrogen) atoms. The normalized spacial score (nSPS) is 15.7. The van der Waals surface area contributed by atoms with Crippen LogP contribution in [0, 0.1) is 0 Å². The molecule has 0 aliphatic rings. The molecule has 0 saturated heterocycles. The fraction of sp³-hybridized carbons (Fsp3) is 0.500. The largest absolute Gasteiger partial charge is 0.480 e. The highest BCUT2D eigenvalue weighted by Crippen LogP contribution is 2.21. The van der Waals surface area contributed by atoms with Crippen molar-refractivity contribution in [2.75, 3.05) is 5.75 Å². The number of aliphatic carboxylic acids is 2. The number of carboxylic acids is 2. The zero-order valence-electron chi connectivity index (χ0n) is 10.2. The molecule has 0 radical (unpaired) electrons. The molecule has 0 fully saturated rings. The molecule has 0 bridgehead atoms. The smallest absolute Gasteiger partial charge is 0.321 e. The van der Waals surface area contributed by atoms with E-state index in [-0.39, 0.29) is 5.75 Å². The lowest BCUT2D eigenvalue weighted by atomic mass is 10.0. The molecule has 0 amide bonds. The SMILES string of the molecule is CC(c1cnc(SCC(N)C(=O)O)[nH]1)C(N)C(=O)O. The second-order valence-corrected chi connectivity index (χ2v) is 5.06. The van der Waals surface area contributed by atoms with Crippen LogP contribution in [0.4, 0.5) is 0 Å². The number of carbonyl (C=O) groups is 2. The second kappa shape index (κ2) is 6.55. The van der Waals surface area contributed by atoms with Crippen molar-refractivity contribution in [3.8, 4) is 0 Å². The van der Waals surface area contributed by atoms with E-state index in [1.165, 1.54) is 6.20 Å². The molecular weight excluding hydrogens is 272 g/mol. The number of hydrogen-bond donors (Lipinski definition) is 5. The quantitative estimate of drug-likeness (QED) is 0.418. The number of thioether (sulfide) groups is 1. The third kappa shape index (κ3) is 4.23. The van der Waals surface area contributed by atoms with Gasteiger partial charge in [-0.05, 0) is 0 Å². The van der Waals surface area contributed by atoms with Crippen LogP contribution >= 0.6 is 11.8 Å². The monoisotopic (exact) mass is 288 g/mol. The fourth-order valence-electron chi connectivity index (χ4n) is 1.27. The van der Waals surface area contributed by atoms with Gasteiger partial charge >= 0.3 is 11.9 Å². The van der Waals surface area contributed by atoms with Crippen molar-refractivity contribution in [3.63, 3.8) is 0 Å². The summed E-state index contributed by atoms with van der Waals surface area (Å²) >= 11 is 1.15. The first-order valence-electron chi connectivity index (χ1n) is 5.47. The number of H-pyrrole nitrogens is 1. The van der Waals surface area contributed by atoms with Crippen LogP contribution in [0.1, 0.15) is 18.5 Å².